The quantitative estimate of drug-likeness (QED) is 0.359. The van der Waals surface area contributed by atoms with Crippen molar-refractivity contribution in [3.8, 4) is 0 Å². The van der Waals surface area contributed by atoms with Crippen LogP contribution in [0.5, 0.6) is 0 Å². The molecule has 0 spiro atoms. The highest BCUT2D eigenvalue weighted by molar-refractivity contribution is 7.80. The van der Waals surface area contributed by atoms with Gasteiger partial charge in [-0.05, 0) is 4.92 Å². The highest BCUT2D eigenvalue weighted by Crippen LogP contribution is 2.20. The van der Waals surface area contributed by atoms with E-state index in [0.29, 0.717) is 25.5 Å². The zero-order chi connectivity index (χ0) is 11.3. The lowest BCUT2D eigenvalue weighted by atomic mass is 10.6. The minimum atomic E-state index is -0.618. The molecule has 0 saturated heterocycles. The van der Waals surface area contributed by atoms with Crippen molar-refractivity contribution in [2.75, 3.05) is 19.0 Å². The summed E-state index contributed by atoms with van der Waals surface area (Å²) in [5, 5.41) is 14.1. The molecule has 0 aromatic carbocycles. The lowest BCUT2D eigenvalue weighted by molar-refractivity contribution is -0.389. The third-order valence-electron chi connectivity index (χ3n) is 1.57. The van der Waals surface area contributed by atoms with Crippen LogP contribution < -0.4 is 0 Å². The maximum Gasteiger partial charge on any atom is 0.408 e. The minimum Gasteiger partial charge on any atom is -0.379 e. The van der Waals surface area contributed by atoms with Crippen LogP contribution in [-0.2, 0) is 11.3 Å². The number of hydrogen-bond donors (Lipinski definition) is 1. The zero-order valence-electron chi connectivity index (χ0n) is 7.80. The number of nitro groups is 1. The zero-order valence-corrected chi connectivity index (χ0v) is 9.45. The molecule has 8 heteroatoms. The van der Waals surface area contributed by atoms with Gasteiger partial charge in [-0.2, -0.15) is 17.3 Å². The van der Waals surface area contributed by atoms with Crippen LogP contribution in [0.15, 0.2) is 6.20 Å². The Kier molecular flexibility index (Phi) is 4.86. The van der Waals surface area contributed by atoms with Crippen LogP contribution >= 0.6 is 24.2 Å². The van der Waals surface area contributed by atoms with Crippen LogP contribution in [0.3, 0.4) is 0 Å². The van der Waals surface area contributed by atoms with Crippen LogP contribution in [-0.4, -0.2) is 33.7 Å². The number of rotatable bonds is 6. The Balaban J connectivity index is 2.48. The van der Waals surface area contributed by atoms with E-state index in [0.717, 1.165) is 0 Å². The Hall–Kier alpha value is -0.790. The monoisotopic (exact) mass is 251 g/mol. The van der Waals surface area contributed by atoms with Gasteiger partial charge < -0.3 is 14.9 Å². The van der Waals surface area contributed by atoms with Gasteiger partial charge in [0.15, 0.2) is 5.02 Å². The molecule has 1 heterocycles. The van der Waals surface area contributed by atoms with Gasteiger partial charge in [-0.3, -0.25) is 0 Å². The molecule has 1 aromatic rings. The first-order valence-electron chi connectivity index (χ1n) is 4.21. The van der Waals surface area contributed by atoms with Crippen LogP contribution in [0.2, 0.25) is 5.02 Å². The molecule has 6 nitrogen and oxygen atoms in total. The number of nitrogens with zero attached hydrogens (tertiary/aromatic N) is 3. The molecule has 0 unspecified atom stereocenters. The highest BCUT2D eigenvalue weighted by Gasteiger charge is 2.18. The summed E-state index contributed by atoms with van der Waals surface area (Å²) in [4.78, 5) is 9.80. The van der Waals surface area contributed by atoms with Crippen molar-refractivity contribution in [3.05, 3.63) is 21.3 Å². The molecule has 0 fully saturated rings. The van der Waals surface area contributed by atoms with Gasteiger partial charge in [0.25, 0.3) is 0 Å². The van der Waals surface area contributed by atoms with Gasteiger partial charge in [-0.25, -0.2) is 0 Å². The molecule has 1 rings (SSSR count). The van der Waals surface area contributed by atoms with E-state index in [1.165, 1.54) is 10.9 Å². The first-order valence-corrected chi connectivity index (χ1v) is 5.22. The third kappa shape index (κ3) is 3.69. The number of ether oxygens (including phenoxy) is 1. The van der Waals surface area contributed by atoms with E-state index in [1.54, 1.807) is 0 Å². The normalized spacial score (nSPS) is 10.5. The average Bonchev–Trinajstić information content (AvgIpc) is 2.55. The Morgan fingerprint density at radius 1 is 1.67 bits per heavy atom. The number of halogens is 1. The van der Waals surface area contributed by atoms with Gasteiger partial charge >= 0.3 is 5.82 Å². The van der Waals surface area contributed by atoms with Gasteiger partial charge in [0.2, 0.25) is 0 Å². The first kappa shape index (κ1) is 12.3. The van der Waals surface area contributed by atoms with Gasteiger partial charge in [0.1, 0.15) is 0 Å². The molecule has 0 aliphatic rings. The van der Waals surface area contributed by atoms with E-state index >= 15 is 0 Å². The van der Waals surface area contributed by atoms with E-state index in [4.69, 9.17) is 16.3 Å². The molecule has 15 heavy (non-hydrogen) atoms. The van der Waals surface area contributed by atoms with Gasteiger partial charge in [-0.15, -0.1) is 0 Å². The lowest BCUT2D eigenvalue weighted by Crippen LogP contribution is -2.08. The van der Waals surface area contributed by atoms with Crippen molar-refractivity contribution in [1.29, 1.82) is 0 Å². The summed E-state index contributed by atoms with van der Waals surface area (Å²) >= 11 is 9.57. The van der Waals surface area contributed by atoms with E-state index in [9.17, 15) is 10.1 Å². The van der Waals surface area contributed by atoms with Crippen molar-refractivity contribution in [2.45, 2.75) is 6.54 Å². The summed E-state index contributed by atoms with van der Waals surface area (Å²) in [6.45, 7) is 1.40. The molecule has 0 saturated carbocycles. The van der Waals surface area contributed by atoms with Gasteiger partial charge in [0.05, 0.1) is 31.1 Å². The third-order valence-corrected chi connectivity index (χ3v) is 2.02. The molecule has 0 aliphatic carbocycles. The molecule has 0 radical (unpaired) electrons. The summed E-state index contributed by atoms with van der Waals surface area (Å²) in [6.07, 6.45) is 1.41. The number of thiol groups is 1. The van der Waals surface area contributed by atoms with Crippen molar-refractivity contribution in [2.24, 2.45) is 0 Å². The molecular formula is C7H10ClN3O3S. The van der Waals surface area contributed by atoms with Crippen LogP contribution in [0.1, 0.15) is 0 Å². The fraction of sp³-hybridized carbons (Fsp3) is 0.571. The molecule has 1 aromatic heterocycles. The second kappa shape index (κ2) is 5.94. The van der Waals surface area contributed by atoms with Crippen LogP contribution in [0, 0.1) is 10.1 Å². The SMILES string of the molecule is O=[N+]([O-])c1nn(CCOCCS)cc1Cl. The fourth-order valence-electron chi connectivity index (χ4n) is 0.950. The second-order valence-corrected chi connectivity index (χ2v) is 3.51. The molecule has 0 aliphatic heterocycles. The smallest absolute Gasteiger partial charge is 0.379 e. The standard InChI is InChI=1S/C7H10ClN3O3S/c8-6-5-10(1-2-14-3-4-15)9-7(6)11(12)13/h5,15H,1-4H2. The van der Waals surface area contributed by atoms with Crippen molar-refractivity contribution in [3.63, 3.8) is 0 Å². The van der Waals surface area contributed by atoms with E-state index in [2.05, 4.69) is 17.7 Å². The van der Waals surface area contributed by atoms with Crippen molar-refractivity contribution in [1.82, 2.24) is 9.78 Å². The first-order chi connectivity index (χ1) is 7.15. The second-order valence-electron chi connectivity index (χ2n) is 2.66. The van der Waals surface area contributed by atoms with E-state index < -0.39 is 4.92 Å². The summed E-state index contributed by atoms with van der Waals surface area (Å²) in [5.41, 5.74) is 0. The lowest BCUT2D eigenvalue weighted by Gasteiger charge is -1.98. The molecule has 0 amide bonds. The minimum absolute atomic E-state index is 0.0363. The predicted molar refractivity (Wildman–Crippen MR) is 58.6 cm³/mol. The molecule has 0 N–H and O–H groups in total. The van der Waals surface area contributed by atoms with Gasteiger partial charge in [-0.1, -0.05) is 11.6 Å². The average molecular weight is 252 g/mol. The van der Waals surface area contributed by atoms with Gasteiger partial charge in [0, 0.05) is 5.75 Å². The Bertz CT molecular complexity index is 344. The molecule has 84 valence electrons. The Morgan fingerprint density at radius 2 is 2.40 bits per heavy atom. The van der Waals surface area contributed by atoms with Crippen molar-refractivity contribution >= 4 is 30.0 Å². The number of hydrogen-bond acceptors (Lipinski definition) is 5. The molecule has 0 atom stereocenters. The van der Waals surface area contributed by atoms with Crippen LogP contribution in [0.25, 0.3) is 0 Å². The fourth-order valence-corrected chi connectivity index (χ4v) is 1.30. The summed E-state index contributed by atoms with van der Waals surface area (Å²) in [5.74, 6) is 0.311. The van der Waals surface area contributed by atoms with Crippen LogP contribution in [0.4, 0.5) is 5.82 Å². The number of aromatic nitrogens is 2. The Labute approximate surface area is 96.7 Å². The van der Waals surface area contributed by atoms with E-state index in [1.807, 2.05) is 0 Å². The summed E-state index contributed by atoms with van der Waals surface area (Å²) in [6, 6.07) is 0. The predicted octanol–water partition coefficient (Wildman–Crippen LogP) is 1.39. The highest BCUT2D eigenvalue weighted by atomic mass is 35.5. The van der Waals surface area contributed by atoms with Crippen molar-refractivity contribution < 1.29 is 9.66 Å². The molecule has 0 bridgehead atoms. The van der Waals surface area contributed by atoms with E-state index in [-0.39, 0.29) is 10.8 Å². The summed E-state index contributed by atoms with van der Waals surface area (Å²) in [7, 11) is 0. The maximum atomic E-state index is 10.4. The Morgan fingerprint density at radius 3 is 2.93 bits per heavy atom. The maximum absolute atomic E-state index is 10.4. The largest absolute Gasteiger partial charge is 0.408 e. The summed E-state index contributed by atoms with van der Waals surface area (Å²) < 4.78 is 6.53. The topological polar surface area (TPSA) is 70.2 Å². The molecular weight excluding hydrogens is 242 g/mol.